The molecule has 19 nitrogen and oxygen atoms in total. The van der Waals surface area contributed by atoms with Gasteiger partial charge < -0.3 is 75.6 Å². The molecule has 6 heterocycles. The van der Waals surface area contributed by atoms with Crippen molar-refractivity contribution in [1.29, 1.82) is 0 Å². The van der Waals surface area contributed by atoms with Crippen LogP contribution in [0.2, 0.25) is 0 Å². The lowest BCUT2D eigenvalue weighted by Gasteiger charge is -2.48. The van der Waals surface area contributed by atoms with E-state index in [1.807, 2.05) is 6.08 Å². The molecule has 0 radical (unpaired) electrons. The Balaban J connectivity index is 1.45. The Labute approximate surface area is 398 Å². The van der Waals surface area contributed by atoms with Gasteiger partial charge in [-0.2, -0.15) is 0 Å². The third kappa shape index (κ3) is 11.1. The number of nitrogens with zero attached hydrogens (tertiary/aromatic N) is 1. The normalized spacial score (nSPS) is 36.8. The van der Waals surface area contributed by atoms with E-state index in [1.165, 1.54) is 38.6 Å². The molecular formula is C43H59N4O15S4+. The summed E-state index contributed by atoms with van der Waals surface area (Å²) in [5.74, 6) is 0.343. The highest BCUT2D eigenvalue weighted by molar-refractivity contribution is 8.78. The van der Waals surface area contributed by atoms with Crippen LogP contribution < -0.4 is 16.0 Å². The molecule has 14 atom stereocenters. The summed E-state index contributed by atoms with van der Waals surface area (Å²) in [6.45, 7) is 2.18. The van der Waals surface area contributed by atoms with E-state index >= 15 is 0 Å². The van der Waals surface area contributed by atoms with Gasteiger partial charge in [-0.15, -0.1) is 0 Å². The number of quaternary nitrogens is 1. The summed E-state index contributed by atoms with van der Waals surface area (Å²) in [5, 5.41) is 87.6. The molecular weight excluding hydrogens is 941 g/mol. The summed E-state index contributed by atoms with van der Waals surface area (Å²) < 4.78 is 31.0. The monoisotopic (exact) mass is 999 g/mol. The molecule has 0 spiro atoms. The van der Waals surface area contributed by atoms with Crippen molar-refractivity contribution in [2.75, 3.05) is 51.0 Å². The van der Waals surface area contributed by atoms with Crippen LogP contribution in [0.5, 0.6) is 0 Å². The number of aliphatic imine (C=N–C) groups is 1. The molecule has 66 heavy (non-hydrogen) atoms. The van der Waals surface area contributed by atoms with Crippen molar-refractivity contribution in [3.63, 3.8) is 0 Å². The molecule has 2 fully saturated rings. The van der Waals surface area contributed by atoms with Crippen molar-refractivity contribution in [2.24, 2.45) is 34.4 Å². The molecule has 12 N–H and O–H groups in total. The zero-order chi connectivity index (χ0) is 47.3. The lowest BCUT2D eigenvalue weighted by atomic mass is 9.77. The van der Waals surface area contributed by atoms with Gasteiger partial charge in [-0.1, -0.05) is 67.2 Å². The van der Waals surface area contributed by atoms with Crippen molar-refractivity contribution in [1.82, 2.24) is 5.32 Å². The average Bonchev–Trinajstić information content (AvgIpc) is 3.65. The van der Waals surface area contributed by atoms with Gasteiger partial charge in [0.1, 0.15) is 42.7 Å². The van der Waals surface area contributed by atoms with E-state index in [1.54, 1.807) is 43.0 Å². The quantitative estimate of drug-likeness (QED) is 0.0159. The van der Waals surface area contributed by atoms with Crippen LogP contribution in [0.25, 0.3) is 0 Å². The first-order chi connectivity index (χ1) is 31.7. The van der Waals surface area contributed by atoms with E-state index in [9.17, 15) is 50.4 Å². The topological polar surface area (TPSA) is 297 Å². The summed E-state index contributed by atoms with van der Waals surface area (Å²) in [6.07, 6.45) is 0.0896. The molecule has 0 amide bonds. The van der Waals surface area contributed by atoms with Gasteiger partial charge >= 0.3 is 11.9 Å². The van der Waals surface area contributed by atoms with Gasteiger partial charge in [0.25, 0.3) is 0 Å². The number of hydrogen-bond acceptors (Lipinski definition) is 19. The molecule has 0 aromatic carbocycles. The van der Waals surface area contributed by atoms with E-state index in [0.29, 0.717) is 46.8 Å². The summed E-state index contributed by atoms with van der Waals surface area (Å²) in [4.78, 5) is 33.0. The molecule has 7 rings (SSSR count). The van der Waals surface area contributed by atoms with Crippen LogP contribution in [0.4, 0.5) is 0 Å². The number of aliphatic hydroxyl groups is 7. The highest BCUT2D eigenvalue weighted by atomic mass is 33.1. The average molecular weight is 1000 g/mol. The Morgan fingerprint density at radius 3 is 2.64 bits per heavy atom. The first-order valence-corrected chi connectivity index (χ1v) is 26.6. The number of carboxylic acid groups (broad SMARTS) is 1. The van der Waals surface area contributed by atoms with Crippen LogP contribution in [-0.2, 0) is 33.3 Å². The minimum absolute atomic E-state index is 0.0457. The number of nitrogens with one attached hydrogen (secondary N) is 2. The molecule has 0 aromatic heterocycles. The molecule has 23 heteroatoms. The Kier molecular flexibility index (Phi) is 17.6. The number of fused-ring (bicyclic) bond motifs is 3. The summed E-state index contributed by atoms with van der Waals surface area (Å²) >= 11 is 0. The van der Waals surface area contributed by atoms with Crippen molar-refractivity contribution >= 4 is 61.1 Å². The predicted molar refractivity (Wildman–Crippen MR) is 247 cm³/mol. The molecule has 6 bridgehead atoms. The van der Waals surface area contributed by atoms with Gasteiger partial charge in [0.15, 0.2) is 18.4 Å². The van der Waals surface area contributed by atoms with Gasteiger partial charge in [-0.25, -0.2) is 9.59 Å². The van der Waals surface area contributed by atoms with E-state index in [2.05, 4.69) is 22.2 Å². The molecule has 364 valence electrons. The number of allylic oxidation sites excluding steroid dienone is 1. The van der Waals surface area contributed by atoms with Gasteiger partial charge in [0.2, 0.25) is 12.1 Å². The van der Waals surface area contributed by atoms with Crippen molar-refractivity contribution < 1.29 is 79.0 Å². The molecule has 6 aliphatic heterocycles. The summed E-state index contributed by atoms with van der Waals surface area (Å²) in [7, 11) is 6.09. The van der Waals surface area contributed by atoms with Gasteiger partial charge in [-0.05, 0) is 45.1 Å². The maximum atomic E-state index is 14.8. The largest absolute Gasteiger partial charge is 0.477 e. The first-order valence-electron chi connectivity index (χ1n) is 21.9. The highest BCUT2D eigenvalue weighted by Crippen LogP contribution is 2.47. The standard InChI is InChI=1S/C43H58N4O15S4/c1-21(2)59-37-41(61-31(18-51)36(52)43(37,56)57)62-40-25-5-3-12-63-65-32-9-7-22-13-24-14-47(15-26(38(53)54)34(24)46-42(44)45-10-4-11-48)29(17-50)35(32)66-64-20-28-23(16-49)6-8-30(28)60-39(55)27(19-58-40)33(22)25/h3,5,13,15,19,21,23,25,28-33,35-37,40-41,48-52,56-57H,4,6,8,10-12,14,16-18,20H2,1-2H3,(H,53,54)(H3,44,45,46)/p+1. The van der Waals surface area contributed by atoms with Gasteiger partial charge in [-0.3, -0.25) is 9.89 Å². The van der Waals surface area contributed by atoms with E-state index < -0.39 is 95.8 Å². The molecule has 1 aliphatic carbocycles. The number of ether oxygens (including phenoxy) is 5. The van der Waals surface area contributed by atoms with E-state index in [4.69, 9.17) is 29.4 Å². The second-order valence-corrected chi connectivity index (χ2v) is 22.3. The molecule has 1 saturated carbocycles. The third-order valence-corrected chi connectivity index (χ3v) is 18.2. The number of nitrogens with two attached hydrogens (primary N) is 1. The number of rotatable bonds is 12. The summed E-state index contributed by atoms with van der Waals surface area (Å²) in [5.41, 5.74) is 7.06. The van der Waals surface area contributed by atoms with Gasteiger partial charge in [0, 0.05) is 54.2 Å². The van der Waals surface area contributed by atoms with Crippen molar-refractivity contribution in [3.05, 3.63) is 58.7 Å². The van der Waals surface area contributed by atoms with Gasteiger partial charge in [0.05, 0.1) is 53.3 Å². The molecule has 1 saturated heterocycles. The fourth-order valence-corrected chi connectivity index (χ4v) is 15.6. The number of carboxylic acids is 1. The van der Waals surface area contributed by atoms with Crippen molar-refractivity contribution in [3.8, 4) is 11.8 Å². The van der Waals surface area contributed by atoms with Crippen molar-refractivity contribution in [2.45, 2.75) is 98.5 Å². The lowest BCUT2D eigenvalue weighted by molar-refractivity contribution is -0.870. The number of carbonyl (C=O) groups is 2. The highest BCUT2D eigenvalue weighted by Gasteiger charge is 2.58. The zero-order valence-electron chi connectivity index (χ0n) is 36.3. The second kappa shape index (κ2) is 22.8. The summed E-state index contributed by atoms with van der Waals surface area (Å²) in [6, 6.07) is -0.572. The smallest absolute Gasteiger partial charge is 0.343 e. The minimum Gasteiger partial charge on any atom is -0.477 e. The number of aliphatic hydroxyl groups excluding tert-OH is 5. The van der Waals surface area contributed by atoms with Crippen LogP contribution in [0, 0.1) is 35.5 Å². The Morgan fingerprint density at radius 1 is 1.12 bits per heavy atom. The van der Waals surface area contributed by atoms with E-state index in [-0.39, 0.29) is 67.5 Å². The lowest BCUT2D eigenvalue weighted by Crippen LogP contribution is -3.14. The second-order valence-electron chi connectivity index (χ2n) is 17.2. The maximum absolute atomic E-state index is 14.8. The third-order valence-electron chi connectivity index (χ3n) is 12.5. The molecule has 14 unspecified atom stereocenters. The van der Waals surface area contributed by atoms with Crippen LogP contribution in [0.3, 0.4) is 0 Å². The number of esters is 1. The fourth-order valence-electron chi connectivity index (χ4n) is 9.21. The van der Waals surface area contributed by atoms with Crippen LogP contribution in [0.15, 0.2) is 63.7 Å². The number of aliphatic carboxylic acids is 1. The Morgan fingerprint density at radius 2 is 1.92 bits per heavy atom. The number of hydrogen-bond donors (Lipinski definition) is 11. The molecule has 0 aromatic rings. The molecule has 7 aliphatic rings. The number of guanidine groups is 1. The maximum Gasteiger partial charge on any atom is 0.343 e. The van der Waals surface area contributed by atoms with Crippen LogP contribution in [0.1, 0.15) is 33.1 Å². The Bertz CT molecular complexity index is 2040. The zero-order valence-corrected chi connectivity index (χ0v) is 39.6. The first kappa shape index (κ1) is 51.1. The number of carbonyl (C=O) groups excluding carboxylic acids is 1. The SMILES string of the molecule is CC(C)OC1C(OC2OC=C3C(=O)OC4CCC(CO)C4CSSC4C5C#CC(=CC6=C(NC(N)=NCCCO)C(C(=O)O)=C[NH+](C6)C4CO)C3C2C=CCSS5)OC(CO)C(O)C1(O)O. The fraction of sp³-hybridized carbons (Fsp3) is 0.651. The van der Waals surface area contributed by atoms with Crippen LogP contribution >= 0.6 is 43.2 Å². The Hall–Kier alpha value is -2.77. The van der Waals surface area contributed by atoms with Crippen LogP contribution in [-0.4, -0.2) is 175 Å². The predicted octanol–water partition coefficient (Wildman–Crippen LogP) is -1.25. The van der Waals surface area contributed by atoms with E-state index in [0.717, 1.165) is 0 Å². The minimum atomic E-state index is -2.96.